The SMILES string of the molecule is CC(N)CCNS(=O)(=O)c1ccc(Br)cc1Br. The van der Waals surface area contributed by atoms with E-state index in [-0.39, 0.29) is 10.9 Å². The van der Waals surface area contributed by atoms with Gasteiger partial charge in [-0.15, -0.1) is 0 Å². The fraction of sp³-hybridized carbons (Fsp3) is 0.400. The second kappa shape index (κ2) is 6.29. The van der Waals surface area contributed by atoms with Crippen molar-refractivity contribution in [3.63, 3.8) is 0 Å². The zero-order valence-corrected chi connectivity index (χ0v) is 13.3. The van der Waals surface area contributed by atoms with E-state index in [0.717, 1.165) is 4.47 Å². The van der Waals surface area contributed by atoms with Crippen LogP contribution < -0.4 is 10.5 Å². The summed E-state index contributed by atoms with van der Waals surface area (Å²) in [5, 5.41) is 0. The lowest BCUT2D eigenvalue weighted by molar-refractivity contribution is 0.571. The zero-order valence-electron chi connectivity index (χ0n) is 9.28. The molecule has 0 saturated heterocycles. The summed E-state index contributed by atoms with van der Waals surface area (Å²) in [5.74, 6) is 0. The monoisotopic (exact) mass is 384 g/mol. The summed E-state index contributed by atoms with van der Waals surface area (Å²) >= 11 is 6.50. The molecule has 0 bridgehead atoms. The minimum atomic E-state index is -3.48. The van der Waals surface area contributed by atoms with Gasteiger partial charge in [0.1, 0.15) is 0 Å². The van der Waals surface area contributed by atoms with Crippen molar-refractivity contribution in [2.75, 3.05) is 6.54 Å². The molecule has 17 heavy (non-hydrogen) atoms. The van der Waals surface area contributed by atoms with Gasteiger partial charge in [-0.1, -0.05) is 15.9 Å². The number of hydrogen-bond acceptors (Lipinski definition) is 3. The first-order chi connectivity index (χ1) is 7.83. The summed E-state index contributed by atoms with van der Waals surface area (Å²) in [5.41, 5.74) is 5.56. The van der Waals surface area contributed by atoms with Crippen LogP contribution in [0.1, 0.15) is 13.3 Å². The van der Waals surface area contributed by atoms with Gasteiger partial charge in [0.15, 0.2) is 0 Å². The van der Waals surface area contributed by atoms with Gasteiger partial charge in [-0.05, 0) is 47.5 Å². The number of nitrogens with one attached hydrogen (secondary N) is 1. The third kappa shape index (κ3) is 4.67. The van der Waals surface area contributed by atoms with Gasteiger partial charge in [0.2, 0.25) is 10.0 Å². The van der Waals surface area contributed by atoms with E-state index in [9.17, 15) is 8.42 Å². The van der Waals surface area contributed by atoms with Gasteiger partial charge in [-0.25, -0.2) is 13.1 Å². The number of rotatable bonds is 5. The molecular weight excluding hydrogens is 372 g/mol. The van der Waals surface area contributed by atoms with E-state index in [1.165, 1.54) is 0 Å². The van der Waals surface area contributed by atoms with Crippen molar-refractivity contribution in [2.24, 2.45) is 5.73 Å². The minimum absolute atomic E-state index is 0.0222. The van der Waals surface area contributed by atoms with Crippen LogP contribution in [0.15, 0.2) is 32.0 Å². The van der Waals surface area contributed by atoms with Crippen molar-refractivity contribution in [1.82, 2.24) is 4.72 Å². The van der Waals surface area contributed by atoms with E-state index in [1.807, 2.05) is 6.92 Å². The highest BCUT2D eigenvalue weighted by molar-refractivity contribution is 9.11. The van der Waals surface area contributed by atoms with Crippen molar-refractivity contribution in [2.45, 2.75) is 24.3 Å². The maximum atomic E-state index is 11.9. The quantitative estimate of drug-likeness (QED) is 0.816. The molecule has 1 aromatic rings. The summed E-state index contributed by atoms with van der Waals surface area (Å²) in [6, 6.07) is 4.90. The topological polar surface area (TPSA) is 72.2 Å². The van der Waals surface area contributed by atoms with Gasteiger partial charge in [0.25, 0.3) is 0 Å². The Morgan fingerprint density at radius 1 is 1.41 bits per heavy atom. The number of halogens is 2. The van der Waals surface area contributed by atoms with Gasteiger partial charge < -0.3 is 5.73 Å². The molecule has 1 rings (SSSR count). The smallest absolute Gasteiger partial charge is 0.241 e. The van der Waals surface area contributed by atoms with Crippen molar-refractivity contribution in [3.8, 4) is 0 Å². The predicted molar refractivity (Wildman–Crippen MR) is 75.3 cm³/mol. The highest BCUT2D eigenvalue weighted by atomic mass is 79.9. The molecule has 0 saturated carbocycles. The van der Waals surface area contributed by atoms with Crippen LogP contribution >= 0.6 is 31.9 Å². The highest BCUT2D eigenvalue weighted by Crippen LogP contribution is 2.25. The largest absolute Gasteiger partial charge is 0.328 e. The Morgan fingerprint density at radius 3 is 2.59 bits per heavy atom. The van der Waals surface area contributed by atoms with Crippen LogP contribution in [0.25, 0.3) is 0 Å². The van der Waals surface area contributed by atoms with Crippen LogP contribution in [-0.4, -0.2) is 21.0 Å². The number of benzene rings is 1. The molecule has 0 spiro atoms. The van der Waals surface area contributed by atoms with E-state index in [2.05, 4.69) is 36.6 Å². The average Bonchev–Trinajstić information content (AvgIpc) is 2.15. The number of nitrogens with two attached hydrogens (primary N) is 1. The summed E-state index contributed by atoms with van der Waals surface area (Å²) in [4.78, 5) is 0.227. The third-order valence-electron chi connectivity index (χ3n) is 2.08. The van der Waals surface area contributed by atoms with Gasteiger partial charge in [-0.3, -0.25) is 0 Å². The van der Waals surface area contributed by atoms with Gasteiger partial charge in [0, 0.05) is 21.5 Å². The van der Waals surface area contributed by atoms with Crippen LogP contribution in [0.4, 0.5) is 0 Å². The molecule has 0 amide bonds. The van der Waals surface area contributed by atoms with Crippen molar-refractivity contribution >= 4 is 41.9 Å². The van der Waals surface area contributed by atoms with Crippen LogP contribution in [0, 0.1) is 0 Å². The summed E-state index contributed by atoms with van der Waals surface area (Å²) in [7, 11) is -3.48. The van der Waals surface area contributed by atoms with Crippen LogP contribution in [-0.2, 0) is 10.0 Å². The average molecular weight is 386 g/mol. The first-order valence-corrected chi connectivity index (χ1v) is 8.10. The third-order valence-corrected chi connectivity index (χ3v) is 5.01. The molecule has 0 aliphatic heterocycles. The maximum absolute atomic E-state index is 11.9. The maximum Gasteiger partial charge on any atom is 0.241 e. The summed E-state index contributed by atoms with van der Waals surface area (Å²) in [6.45, 7) is 2.17. The van der Waals surface area contributed by atoms with Gasteiger partial charge >= 0.3 is 0 Å². The van der Waals surface area contributed by atoms with Gasteiger partial charge in [0.05, 0.1) is 4.90 Å². The predicted octanol–water partition coefficient (Wildman–Crippen LogP) is 2.23. The Kier molecular flexibility index (Phi) is 5.59. The molecule has 0 aliphatic carbocycles. The molecule has 1 unspecified atom stereocenters. The molecule has 0 aromatic heterocycles. The van der Waals surface area contributed by atoms with E-state index in [0.29, 0.717) is 17.4 Å². The van der Waals surface area contributed by atoms with Crippen LogP contribution in [0.3, 0.4) is 0 Å². The molecule has 0 aliphatic rings. The van der Waals surface area contributed by atoms with E-state index in [1.54, 1.807) is 18.2 Å². The Bertz CT molecular complexity index is 489. The Hall–Kier alpha value is 0.0500. The zero-order chi connectivity index (χ0) is 13.1. The van der Waals surface area contributed by atoms with Gasteiger partial charge in [-0.2, -0.15) is 0 Å². The summed E-state index contributed by atoms with van der Waals surface area (Å²) in [6.07, 6.45) is 0.605. The number of hydrogen-bond donors (Lipinski definition) is 2. The van der Waals surface area contributed by atoms with E-state index < -0.39 is 10.0 Å². The van der Waals surface area contributed by atoms with Crippen molar-refractivity contribution in [1.29, 1.82) is 0 Å². The highest BCUT2D eigenvalue weighted by Gasteiger charge is 2.17. The molecule has 4 nitrogen and oxygen atoms in total. The lowest BCUT2D eigenvalue weighted by Crippen LogP contribution is -2.29. The van der Waals surface area contributed by atoms with Crippen molar-refractivity contribution in [3.05, 3.63) is 27.1 Å². The Labute approximate surface area is 118 Å². The Balaban J connectivity index is 2.83. The second-order valence-electron chi connectivity index (χ2n) is 3.74. The van der Waals surface area contributed by atoms with Crippen molar-refractivity contribution < 1.29 is 8.42 Å². The Morgan fingerprint density at radius 2 is 2.06 bits per heavy atom. The first kappa shape index (κ1) is 15.1. The van der Waals surface area contributed by atoms with Crippen LogP contribution in [0.5, 0.6) is 0 Å². The normalized spacial score (nSPS) is 13.6. The molecule has 96 valence electrons. The molecule has 3 N–H and O–H groups in total. The molecule has 0 fully saturated rings. The number of sulfonamides is 1. The molecule has 1 aromatic carbocycles. The lowest BCUT2D eigenvalue weighted by Gasteiger charge is -2.09. The summed E-state index contributed by atoms with van der Waals surface area (Å²) < 4.78 is 27.8. The lowest BCUT2D eigenvalue weighted by atomic mass is 10.3. The van der Waals surface area contributed by atoms with Crippen LogP contribution in [0.2, 0.25) is 0 Å². The second-order valence-corrected chi connectivity index (χ2v) is 7.24. The van der Waals surface area contributed by atoms with E-state index >= 15 is 0 Å². The fourth-order valence-electron chi connectivity index (χ4n) is 1.19. The van der Waals surface area contributed by atoms with E-state index in [4.69, 9.17) is 5.73 Å². The molecular formula is C10H14Br2N2O2S. The first-order valence-electron chi connectivity index (χ1n) is 5.03. The minimum Gasteiger partial charge on any atom is -0.328 e. The standard InChI is InChI=1S/C10H14Br2N2O2S/c1-7(13)4-5-14-17(15,16)10-3-2-8(11)6-9(10)12/h2-3,6-7,14H,4-5,13H2,1H3. The molecule has 0 radical (unpaired) electrons. The molecule has 7 heteroatoms. The fourth-order valence-corrected chi connectivity index (χ4v) is 3.98. The molecule has 0 heterocycles. The molecule has 1 atom stereocenters.